The SMILES string of the molecule is CCCCC[C@H]1C#CO[C@@H](C[C@@H]2C=C(O)C=C[C@H]2CCCCc2cccc(NC[C@H](C)O)c2)CC(=O)CCc2ccc(OC)c(c2)OCc2ccc3c1c(O)ccc3c2. The number of anilines is 1. The van der Waals surface area contributed by atoms with Gasteiger partial charge in [-0.25, -0.2) is 0 Å². The van der Waals surface area contributed by atoms with Crippen molar-refractivity contribution >= 4 is 22.2 Å². The molecule has 0 saturated carbocycles. The first kappa shape index (κ1) is 43.2. The fraction of sp³-hybridized carbons (Fsp3) is 0.431. The first-order valence-corrected chi connectivity index (χ1v) is 21.5. The van der Waals surface area contributed by atoms with Crippen molar-refractivity contribution in [2.24, 2.45) is 11.8 Å². The number of carbonyl (C=O) groups excluding carboxylic acids is 1. The molecule has 1 aliphatic carbocycles. The second kappa shape index (κ2) is 21.6. The predicted molar refractivity (Wildman–Crippen MR) is 236 cm³/mol. The summed E-state index contributed by atoms with van der Waals surface area (Å²) in [7, 11) is 1.62. The maximum atomic E-state index is 13.7. The van der Waals surface area contributed by atoms with E-state index in [1.807, 2.05) is 54.6 Å². The van der Waals surface area contributed by atoms with Gasteiger partial charge in [0.2, 0.25) is 0 Å². The lowest BCUT2D eigenvalue weighted by atomic mass is 9.80. The minimum atomic E-state index is -0.494. The first-order chi connectivity index (χ1) is 28.7. The van der Waals surface area contributed by atoms with Gasteiger partial charge in [-0.1, -0.05) is 81.0 Å². The van der Waals surface area contributed by atoms with Gasteiger partial charge in [-0.15, -0.1) is 0 Å². The monoisotopic (exact) mass is 799 g/mol. The van der Waals surface area contributed by atoms with Gasteiger partial charge in [0, 0.05) is 30.6 Å². The van der Waals surface area contributed by atoms with Crippen LogP contribution < -0.4 is 14.8 Å². The lowest BCUT2D eigenvalue weighted by Crippen LogP contribution is -2.24. The van der Waals surface area contributed by atoms with Crippen LogP contribution in [-0.2, 0) is 29.0 Å². The molecule has 0 unspecified atom stereocenters. The number of phenols is 1. The van der Waals surface area contributed by atoms with Gasteiger partial charge in [-0.2, -0.15) is 0 Å². The van der Waals surface area contributed by atoms with Crippen LogP contribution in [0.1, 0.15) is 106 Å². The number of unbranched alkanes of at least 4 members (excludes halogenated alkanes) is 3. The zero-order valence-electron chi connectivity index (χ0n) is 34.9. The van der Waals surface area contributed by atoms with E-state index in [2.05, 4.69) is 48.5 Å². The van der Waals surface area contributed by atoms with Crippen LogP contribution in [0.4, 0.5) is 5.69 Å². The number of phenolic OH excluding ortho intramolecular Hbond substituents is 1. The Labute approximate surface area is 350 Å². The van der Waals surface area contributed by atoms with Gasteiger partial charge in [0.25, 0.3) is 0 Å². The molecule has 7 rings (SSSR count). The molecule has 2 aliphatic heterocycles. The molecule has 4 N–H and O–H groups in total. The highest BCUT2D eigenvalue weighted by Gasteiger charge is 2.27. The molecule has 8 nitrogen and oxygen atoms in total. The molecular formula is C51H61NO7. The number of aryl methyl sites for hydroxylation is 2. The molecule has 4 aromatic carbocycles. The summed E-state index contributed by atoms with van der Waals surface area (Å²) in [6.45, 7) is 4.78. The zero-order chi connectivity index (χ0) is 41.6. The number of aliphatic hydroxyl groups excluding tert-OH is 2. The molecule has 3 aliphatic rings. The molecule has 2 heterocycles. The average molecular weight is 800 g/mol. The third-order valence-corrected chi connectivity index (χ3v) is 11.5. The summed E-state index contributed by atoms with van der Waals surface area (Å²) in [4.78, 5) is 13.7. The number of fused-ring (bicyclic) bond motifs is 9. The van der Waals surface area contributed by atoms with Gasteiger partial charge in [-0.3, -0.25) is 4.79 Å². The molecular weight excluding hydrogens is 739 g/mol. The Morgan fingerprint density at radius 1 is 0.932 bits per heavy atom. The molecule has 8 heteroatoms. The van der Waals surface area contributed by atoms with Crippen LogP contribution in [0.15, 0.2) is 96.8 Å². The maximum Gasteiger partial charge on any atom is 0.161 e. The van der Waals surface area contributed by atoms with Gasteiger partial charge in [0.1, 0.15) is 36.1 Å². The van der Waals surface area contributed by atoms with Crippen molar-refractivity contribution in [3.05, 3.63) is 119 Å². The summed E-state index contributed by atoms with van der Waals surface area (Å²) in [6.07, 6.45) is 17.2. The van der Waals surface area contributed by atoms with Crippen LogP contribution in [0.2, 0.25) is 0 Å². The third kappa shape index (κ3) is 12.6. The molecule has 6 bridgehead atoms. The second-order valence-corrected chi connectivity index (χ2v) is 16.3. The minimum Gasteiger partial charge on any atom is -0.508 e. The number of ketones is 1. The van der Waals surface area contributed by atoms with Gasteiger partial charge in [0.15, 0.2) is 11.5 Å². The normalized spacial score (nSPS) is 20.0. The van der Waals surface area contributed by atoms with Crippen molar-refractivity contribution < 1.29 is 34.3 Å². The van der Waals surface area contributed by atoms with Crippen LogP contribution in [0.25, 0.3) is 10.8 Å². The van der Waals surface area contributed by atoms with E-state index in [4.69, 9.17) is 14.2 Å². The molecule has 4 aromatic rings. The summed E-state index contributed by atoms with van der Waals surface area (Å²) in [5.74, 6) is 5.01. The van der Waals surface area contributed by atoms with E-state index in [-0.39, 0.29) is 41.5 Å². The number of methoxy groups -OCH3 is 1. The first-order valence-electron chi connectivity index (χ1n) is 21.5. The minimum absolute atomic E-state index is 0.0350. The van der Waals surface area contributed by atoms with E-state index < -0.39 is 12.2 Å². The molecule has 0 radical (unpaired) electrons. The number of carbonyl (C=O) groups is 1. The molecule has 312 valence electrons. The second-order valence-electron chi connectivity index (χ2n) is 16.3. The van der Waals surface area contributed by atoms with Crippen molar-refractivity contribution in [1.82, 2.24) is 0 Å². The van der Waals surface area contributed by atoms with Crippen LogP contribution in [0.3, 0.4) is 0 Å². The number of aromatic hydroxyl groups is 1. The number of benzene rings is 4. The Balaban J connectivity index is 1.24. The van der Waals surface area contributed by atoms with E-state index in [0.717, 1.165) is 84.5 Å². The number of rotatable bonds is 15. The summed E-state index contributed by atoms with van der Waals surface area (Å²) < 4.78 is 18.3. The fourth-order valence-corrected chi connectivity index (χ4v) is 8.32. The van der Waals surface area contributed by atoms with Crippen LogP contribution in [0.5, 0.6) is 17.2 Å². The summed E-state index contributed by atoms with van der Waals surface area (Å²) in [6, 6.07) is 24.0. The lowest BCUT2D eigenvalue weighted by molar-refractivity contribution is -0.121. The highest BCUT2D eigenvalue weighted by atomic mass is 16.5. The molecule has 0 saturated heterocycles. The van der Waals surface area contributed by atoms with E-state index in [1.165, 1.54) is 5.56 Å². The number of allylic oxidation sites excluding steroid dienone is 3. The van der Waals surface area contributed by atoms with Gasteiger partial charge in [-0.05, 0) is 133 Å². The molecule has 0 fully saturated rings. The molecule has 59 heavy (non-hydrogen) atoms. The van der Waals surface area contributed by atoms with Crippen LogP contribution in [0, 0.1) is 23.9 Å². The number of Topliss-reactive ketones (excluding diaryl/α,β-unsaturated/α-hetero) is 1. The van der Waals surface area contributed by atoms with Gasteiger partial charge < -0.3 is 34.8 Å². The maximum absolute atomic E-state index is 13.7. The molecule has 0 aromatic heterocycles. The van der Waals surface area contributed by atoms with E-state index >= 15 is 0 Å². The topological polar surface area (TPSA) is 117 Å². The summed E-state index contributed by atoms with van der Waals surface area (Å²) in [5.41, 5.74) is 5.01. The number of hydrogen-bond acceptors (Lipinski definition) is 8. The lowest BCUT2D eigenvalue weighted by Gasteiger charge is -2.28. The largest absolute Gasteiger partial charge is 0.508 e. The van der Waals surface area contributed by atoms with Gasteiger partial charge in [0.05, 0.1) is 19.1 Å². The average Bonchev–Trinajstić information content (AvgIpc) is 3.23. The number of hydrogen-bond donors (Lipinski definition) is 4. The van der Waals surface area contributed by atoms with Crippen molar-refractivity contribution in [1.29, 1.82) is 0 Å². The summed E-state index contributed by atoms with van der Waals surface area (Å²) in [5, 5.41) is 36.9. The van der Waals surface area contributed by atoms with E-state index in [1.54, 1.807) is 26.2 Å². The number of aliphatic hydroxyl groups is 2. The zero-order valence-corrected chi connectivity index (χ0v) is 34.9. The van der Waals surface area contributed by atoms with Crippen molar-refractivity contribution in [2.45, 2.75) is 116 Å². The van der Waals surface area contributed by atoms with Crippen molar-refractivity contribution in [3.63, 3.8) is 0 Å². The van der Waals surface area contributed by atoms with Crippen molar-refractivity contribution in [2.75, 3.05) is 19.0 Å². The quantitative estimate of drug-likeness (QED) is 0.0694. The fourth-order valence-electron chi connectivity index (χ4n) is 8.32. The molecule has 0 amide bonds. The third-order valence-electron chi connectivity index (χ3n) is 11.5. The molecule has 0 spiro atoms. The van der Waals surface area contributed by atoms with Crippen LogP contribution in [-0.4, -0.2) is 47.0 Å². The Bertz CT molecular complexity index is 2140. The number of nitrogens with one attached hydrogen (secondary N) is 1. The smallest absolute Gasteiger partial charge is 0.161 e. The standard InChI is InChI=1S/C51H61NO7/c1-4-5-6-13-40-25-26-58-46(31-42-30-44(54)21-18-39(42)12-8-7-10-36-11-9-14-43(28-36)52-33-35(2)53)32-45(55)20-15-37-17-24-49(57-3)50(29-37)59-34-38-16-22-47-41(27-38)19-23-48(56)51(40)47/h9,11,14,16-19,21-24,27-30,35,39-40,42,46,52-54,56H,4-8,10,12-13,15,20,31-34H2,1-3H3/t35-,39+,40-,42-,46-/m0/s1. The van der Waals surface area contributed by atoms with E-state index in [9.17, 15) is 20.1 Å². The van der Waals surface area contributed by atoms with E-state index in [0.29, 0.717) is 43.9 Å². The Kier molecular flexibility index (Phi) is 15.8. The predicted octanol–water partition coefficient (Wildman–Crippen LogP) is 10.9. The highest BCUT2D eigenvalue weighted by molar-refractivity contribution is 5.89. The van der Waals surface area contributed by atoms with Gasteiger partial charge >= 0.3 is 0 Å². The van der Waals surface area contributed by atoms with Crippen LogP contribution >= 0.6 is 0 Å². The Morgan fingerprint density at radius 3 is 2.61 bits per heavy atom. The summed E-state index contributed by atoms with van der Waals surface area (Å²) >= 11 is 0. The highest BCUT2D eigenvalue weighted by Crippen LogP contribution is 2.38. The molecule has 5 atom stereocenters. The van der Waals surface area contributed by atoms with Crippen molar-refractivity contribution in [3.8, 4) is 29.3 Å². The Morgan fingerprint density at radius 2 is 1.78 bits per heavy atom. The Hall–Kier alpha value is -5.39. The number of ether oxygens (including phenoxy) is 3.